The minimum Gasteiger partial charge on any atom is -0.616 e. The molecule has 0 aliphatic carbocycles. The second kappa shape index (κ2) is 5.85. The fourth-order valence-corrected chi connectivity index (χ4v) is 4.07. The quantitative estimate of drug-likeness (QED) is 0.402. The predicted octanol–water partition coefficient (Wildman–Crippen LogP) is 4.46. The topological polar surface area (TPSA) is 62.0 Å². The van der Waals surface area contributed by atoms with Crippen molar-refractivity contribution in [3.05, 3.63) is 57.6 Å². The van der Waals surface area contributed by atoms with Crippen LogP contribution < -0.4 is 9.47 Å². The van der Waals surface area contributed by atoms with E-state index >= 15 is 0 Å². The van der Waals surface area contributed by atoms with Crippen LogP contribution in [0.2, 0.25) is 0 Å². The summed E-state index contributed by atoms with van der Waals surface area (Å²) >= 11 is 3.18. The summed E-state index contributed by atoms with van der Waals surface area (Å²) in [6.07, 6.45) is 1.40. The maximum Gasteiger partial charge on any atom is 0.386 e. The van der Waals surface area contributed by atoms with E-state index in [1.54, 1.807) is 40.9 Å². The molecule has 0 saturated heterocycles. The first-order chi connectivity index (χ1) is 11.6. The summed E-state index contributed by atoms with van der Waals surface area (Å²) in [6.45, 7) is 4.07. The predicted molar refractivity (Wildman–Crippen MR) is 95.7 cm³/mol. The van der Waals surface area contributed by atoms with Gasteiger partial charge in [-0.2, -0.15) is 4.98 Å². The number of thiophene rings is 2. The number of nitrogens with zero attached hydrogens (tertiary/aromatic N) is 3. The Morgan fingerprint density at radius 1 is 1.12 bits per heavy atom. The van der Waals surface area contributed by atoms with E-state index in [1.807, 2.05) is 31.4 Å². The van der Waals surface area contributed by atoms with Gasteiger partial charge in [-0.25, -0.2) is 4.98 Å². The van der Waals surface area contributed by atoms with Gasteiger partial charge in [0, 0.05) is 10.9 Å². The molecule has 0 fully saturated rings. The fraction of sp³-hybridized carbons (Fsp3) is 0.118. The summed E-state index contributed by atoms with van der Waals surface area (Å²) < 4.78 is 6.55. The van der Waals surface area contributed by atoms with Gasteiger partial charge in [-0.1, -0.05) is 6.07 Å². The highest BCUT2D eigenvalue weighted by molar-refractivity contribution is 7.18. The first kappa shape index (κ1) is 15.0. The highest BCUT2D eigenvalue weighted by atomic mass is 32.1. The van der Waals surface area contributed by atoms with Crippen LogP contribution in [0.25, 0.3) is 20.9 Å². The van der Waals surface area contributed by atoms with Crippen molar-refractivity contribution >= 4 is 32.9 Å². The molecule has 0 bridgehead atoms. The van der Waals surface area contributed by atoms with Gasteiger partial charge >= 0.3 is 5.88 Å². The molecule has 4 aromatic rings. The third kappa shape index (κ3) is 2.51. The van der Waals surface area contributed by atoms with Crippen LogP contribution in [0.1, 0.15) is 10.4 Å². The number of fused-ring (bicyclic) bond motifs is 1. The van der Waals surface area contributed by atoms with Gasteiger partial charge < -0.3 is 9.94 Å². The van der Waals surface area contributed by atoms with E-state index in [2.05, 4.69) is 9.97 Å². The zero-order valence-corrected chi connectivity index (χ0v) is 14.6. The maximum atomic E-state index is 11.9. The molecule has 0 saturated carbocycles. The Morgan fingerprint density at radius 2 is 2.00 bits per heavy atom. The molecule has 5 nitrogen and oxygen atoms in total. The largest absolute Gasteiger partial charge is 0.616 e. The SMILES string of the molecule is Cc1sc2nc(-c3cccs3)nc(Oc3cccc[n+]3[O-])c2c1C. The molecule has 0 aliphatic heterocycles. The summed E-state index contributed by atoms with van der Waals surface area (Å²) in [5.41, 5.74) is 1.08. The lowest BCUT2D eigenvalue weighted by Crippen LogP contribution is -2.27. The Kier molecular flexibility index (Phi) is 3.66. The summed E-state index contributed by atoms with van der Waals surface area (Å²) in [5, 5.41) is 14.8. The molecule has 0 atom stereocenters. The Balaban J connectivity index is 1.93. The molecule has 0 aromatic carbocycles. The number of aryl methyl sites for hydroxylation is 2. The van der Waals surface area contributed by atoms with Crippen molar-refractivity contribution in [1.82, 2.24) is 9.97 Å². The standard InChI is InChI=1S/C17H13N3O2S2/c1-10-11(2)24-17-14(10)16(22-13-7-3-4-8-20(13)21)18-15(19-17)12-6-5-9-23-12/h3-9H,1-2H3. The number of pyridine rings is 1. The summed E-state index contributed by atoms with van der Waals surface area (Å²) in [4.78, 5) is 12.3. The van der Waals surface area contributed by atoms with E-state index in [0.717, 1.165) is 25.5 Å². The van der Waals surface area contributed by atoms with Gasteiger partial charge in [0.2, 0.25) is 5.88 Å². The van der Waals surface area contributed by atoms with Gasteiger partial charge in [-0.3, -0.25) is 0 Å². The highest BCUT2D eigenvalue weighted by Crippen LogP contribution is 2.38. The lowest BCUT2D eigenvalue weighted by Gasteiger charge is -2.08. The van der Waals surface area contributed by atoms with Crippen LogP contribution in [0.15, 0.2) is 41.9 Å². The van der Waals surface area contributed by atoms with Crippen molar-refractivity contribution in [3.63, 3.8) is 0 Å². The molecule has 0 aliphatic rings. The van der Waals surface area contributed by atoms with Crippen molar-refractivity contribution in [1.29, 1.82) is 0 Å². The Bertz CT molecular complexity index is 1030. The lowest BCUT2D eigenvalue weighted by atomic mass is 10.2. The van der Waals surface area contributed by atoms with Crippen LogP contribution in [0.5, 0.6) is 11.8 Å². The van der Waals surface area contributed by atoms with Gasteiger partial charge in [-0.15, -0.1) is 27.4 Å². The highest BCUT2D eigenvalue weighted by Gasteiger charge is 2.19. The smallest absolute Gasteiger partial charge is 0.386 e. The maximum absolute atomic E-state index is 11.9. The van der Waals surface area contributed by atoms with Gasteiger partial charge in [0.25, 0.3) is 0 Å². The Morgan fingerprint density at radius 3 is 2.75 bits per heavy atom. The van der Waals surface area contributed by atoms with Crippen molar-refractivity contribution in [2.75, 3.05) is 0 Å². The van der Waals surface area contributed by atoms with Crippen molar-refractivity contribution in [2.45, 2.75) is 13.8 Å². The van der Waals surface area contributed by atoms with Crippen LogP contribution in [-0.4, -0.2) is 9.97 Å². The Labute approximate surface area is 146 Å². The number of aromatic nitrogens is 3. The molecular formula is C17H13N3O2S2. The second-order valence-electron chi connectivity index (χ2n) is 5.26. The van der Waals surface area contributed by atoms with E-state index in [-0.39, 0.29) is 5.88 Å². The molecule has 4 aromatic heterocycles. The van der Waals surface area contributed by atoms with Crippen LogP contribution in [-0.2, 0) is 0 Å². The van der Waals surface area contributed by atoms with Gasteiger partial charge in [-0.05, 0) is 36.9 Å². The molecule has 0 radical (unpaired) electrons. The molecule has 7 heteroatoms. The number of ether oxygens (including phenoxy) is 1. The lowest BCUT2D eigenvalue weighted by molar-refractivity contribution is -0.611. The van der Waals surface area contributed by atoms with E-state index in [4.69, 9.17) is 4.74 Å². The number of hydrogen-bond acceptors (Lipinski definition) is 6. The minimum absolute atomic E-state index is 0.192. The Hall–Kier alpha value is -2.51. The monoisotopic (exact) mass is 355 g/mol. The molecule has 4 rings (SSSR count). The van der Waals surface area contributed by atoms with Crippen molar-refractivity contribution < 1.29 is 9.47 Å². The first-order valence-corrected chi connectivity index (χ1v) is 9.01. The van der Waals surface area contributed by atoms with E-state index in [0.29, 0.717) is 16.4 Å². The molecule has 120 valence electrons. The molecule has 0 unspecified atom stereocenters. The molecule has 0 N–H and O–H groups in total. The summed E-state index contributed by atoms with van der Waals surface area (Å²) in [7, 11) is 0. The minimum atomic E-state index is 0.192. The van der Waals surface area contributed by atoms with Crippen molar-refractivity contribution in [3.8, 4) is 22.5 Å². The summed E-state index contributed by atoms with van der Waals surface area (Å²) in [5.74, 6) is 1.22. The zero-order valence-electron chi connectivity index (χ0n) is 13.0. The average molecular weight is 355 g/mol. The third-order valence-corrected chi connectivity index (χ3v) is 5.69. The van der Waals surface area contributed by atoms with Crippen LogP contribution >= 0.6 is 22.7 Å². The molecule has 4 heterocycles. The van der Waals surface area contributed by atoms with E-state index in [1.165, 1.54) is 6.20 Å². The average Bonchev–Trinajstić information content (AvgIpc) is 3.19. The molecular weight excluding hydrogens is 342 g/mol. The normalized spacial score (nSPS) is 11.1. The first-order valence-electron chi connectivity index (χ1n) is 7.31. The summed E-state index contributed by atoms with van der Waals surface area (Å²) in [6, 6.07) is 8.97. The second-order valence-corrected chi connectivity index (χ2v) is 7.41. The molecule has 24 heavy (non-hydrogen) atoms. The number of rotatable bonds is 3. The number of hydrogen-bond donors (Lipinski definition) is 0. The van der Waals surface area contributed by atoms with Crippen LogP contribution in [0, 0.1) is 19.1 Å². The van der Waals surface area contributed by atoms with Gasteiger partial charge in [0.05, 0.1) is 16.3 Å². The van der Waals surface area contributed by atoms with Crippen LogP contribution in [0.4, 0.5) is 0 Å². The molecule has 0 amide bonds. The van der Waals surface area contributed by atoms with Crippen LogP contribution in [0.3, 0.4) is 0 Å². The van der Waals surface area contributed by atoms with E-state index in [9.17, 15) is 5.21 Å². The fourth-order valence-electron chi connectivity index (χ4n) is 2.39. The van der Waals surface area contributed by atoms with E-state index < -0.39 is 0 Å². The zero-order chi connectivity index (χ0) is 16.7. The molecule has 0 spiro atoms. The third-order valence-electron chi connectivity index (χ3n) is 3.73. The van der Waals surface area contributed by atoms with Crippen molar-refractivity contribution in [2.24, 2.45) is 0 Å². The van der Waals surface area contributed by atoms with Gasteiger partial charge in [0.1, 0.15) is 4.83 Å². The van der Waals surface area contributed by atoms with Gasteiger partial charge in [0.15, 0.2) is 12.0 Å².